The smallest absolute Gasteiger partial charge is 0.0488 e. The number of hydrogen-bond acceptors (Lipinski definition) is 2. The zero-order chi connectivity index (χ0) is 20.9. The van der Waals surface area contributed by atoms with Crippen LogP contribution in [-0.4, -0.2) is 0 Å². The molecule has 148 valence electrons. The van der Waals surface area contributed by atoms with Crippen LogP contribution in [0.4, 0.5) is 11.4 Å². The van der Waals surface area contributed by atoms with Gasteiger partial charge >= 0.3 is 0 Å². The Labute approximate surface area is 174 Å². The second-order valence-electron chi connectivity index (χ2n) is 7.54. The minimum absolute atomic E-state index is 0.294. The molecule has 1 unspecified atom stereocenters. The predicted molar refractivity (Wildman–Crippen MR) is 126 cm³/mol. The Morgan fingerprint density at radius 2 is 1.38 bits per heavy atom. The van der Waals surface area contributed by atoms with Crippen LogP contribution < -0.4 is 11.5 Å². The van der Waals surface area contributed by atoms with Gasteiger partial charge in [-0.25, -0.2) is 0 Å². The van der Waals surface area contributed by atoms with Gasteiger partial charge < -0.3 is 11.5 Å². The van der Waals surface area contributed by atoms with Gasteiger partial charge in [0.1, 0.15) is 0 Å². The van der Waals surface area contributed by atoms with E-state index in [1.807, 2.05) is 30.3 Å². The van der Waals surface area contributed by atoms with Crippen molar-refractivity contribution in [3.63, 3.8) is 0 Å². The quantitative estimate of drug-likeness (QED) is 0.281. The molecule has 0 spiro atoms. The van der Waals surface area contributed by atoms with Crippen LogP contribution in [-0.2, 0) is 5.41 Å². The molecule has 0 aromatic heterocycles. The third-order valence-corrected chi connectivity index (χ3v) is 5.65. The monoisotopic (exact) mass is 382 g/mol. The van der Waals surface area contributed by atoms with Crippen molar-refractivity contribution < 1.29 is 0 Å². The highest BCUT2D eigenvalue weighted by molar-refractivity contribution is 5.58. The highest BCUT2D eigenvalue weighted by atomic mass is 14.5. The largest absolute Gasteiger partial charge is 0.399 e. The molecule has 0 radical (unpaired) electrons. The summed E-state index contributed by atoms with van der Waals surface area (Å²) in [6.07, 6.45) is 7.12. The molecule has 2 nitrogen and oxygen atoms in total. The van der Waals surface area contributed by atoms with Gasteiger partial charge in [0.2, 0.25) is 0 Å². The number of anilines is 2. The molecule has 2 heteroatoms. The zero-order valence-corrected chi connectivity index (χ0v) is 17.3. The molecule has 4 N–H and O–H groups in total. The van der Waals surface area contributed by atoms with Crippen LogP contribution >= 0.6 is 0 Å². The molecule has 3 rings (SSSR count). The molecule has 3 aromatic rings. The highest BCUT2D eigenvalue weighted by Crippen LogP contribution is 2.45. The third-order valence-electron chi connectivity index (χ3n) is 5.65. The van der Waals surface area contributed by atoms with E-state index in [1.54, 1.807) is 0 Å². The second-order valence-corrected chi connectivity index (χ2v) is 7.54. The van der Waals surface area contributed by atoms with Crippen molar-refractivity contribution in [1.82, 2.24) is 0 Å². The number of allylic oxidation sites excluding steroid dienone is 3. The van der Waals surface area contributed by atoms with E-state index in [0.29, 0.717) is 5.92 Å². The zero-order valence-electron chi connectivity index (χ0n) is 17.3. The summed E-state index contributed by atoms with van der Waals surface area (Å²) in [6.45, 7) is 8.41. The van der Waals surface area contributed by atoms with Crippen molar-refractivity contribution >= 4 is 11.4 Å². The van der Waals surface area contributed by atoms with Crippen LogP contribution in [0.1, 0.15) is 48.4 Å². The highest BCUT2D eigenvalue weighted by Gasteiger charge is 2.37. The Hall–Kier alpha value is -3.26. The van der Waals surface area contributed by atoms with Crippen molar-refractivity contribution in [3.8, 4) is 0 Å². The number of rotatable bonds is 7. The molecule has 0 fully saturated rings. The third kappa shape index (κ3) is 3.97. The van der Waals surface area contributed by atoms with Gasteiger partial charge in [0.25, 0.3) is 0 Å². The van der Waals surface area contributed by atoms with Crippen LogP contribution in [0, 0.1) is 0 Å². The van der Waals surface area contributed by atoms with Crippen LogP contribution in [0.25, 0.3) is 0 Å². The molecule has 3 aromatic carbocycles. The first-order valence-electron chi connectivity index (χ1n) is 10.1. The maximum atomic E-state index is 6.01. The minimum atomic E-state index is -0.379. The van der Waals surface area contributed by atoms with Crippen molar-refractivity contribution in [2.45, 2.75) is 31.6 Å². The first kappa shape index (κ1) is 20.5. The number of hydrogen-bond donors (Lipinski definition) is 2. The fourth-order valence-electron chi connectivity index (χ4n) is 4.25. The van der Waals surface area contributed by atoms with Gasteiger partial charge in [-0.15, -0.1) is 6.58 Å². The number of nitrogens with two attached hydrogens (primary N) is 2. The van der Waals surface area contributed by atoms with E-state index in [2.05, 4.69) is 81.1 Å². The van der Waals surface area contributed by atoms with Gasteiger partial charge in [-0.05, 0) is 65.8 Å². The standard InChI is InChI=1S/C27H30N2/c1-4-8-20(3)25-9-6-7-10-26(25)27(19-5-2,21-11-15-23(28)16-12-21)22-13-17-24(29)18-14-22/h4-18,20H,2,19,28-29H2,1,3H3/b8-4-. The number of benzene rings is 3. The second kappa shape index (κ2) is 8.83. The van der Waals surface area contributed by atoms with Gasteiger partial charge in [-0.1, -0.05) is 73.7 Å². The van der Waals surface area contributed by atoms with Gasteiger partial charge in [-0.2, -0.15) is 0 Å². The lowest BCUT2D eigenvalue weighted by atomic mass is 9.65. The maximum absolute atomic E-state index is 6.01. The summed E-state index contributed by atoms with van der Waals surface area (Å²) < 4.78 is 0. The summed E-state index contributed by atoms with van der Waals surface area (Å²) >= 11 is 0. The topological polar surface area (TPSA) is 52.0 Å². The van der Waals surface area contributed by atoms with E-state index in [1.165, 1.54) is 22.3 Å². The van der Waals surface area contributed by atoms with E-state index < -0.39 is 0 Å². The fraction of sp³-hybridized carbons (Fsp3) is 0.185. The van der Waals surface area contributed by atoms with E-state index in [-0.39, 0.29) is 5.41 Å². The van der Waals surface area contributed by atoms with Gasteiger partial charge in [0.05, 0.1) is 0 Å². The Kier molecular flexibility index (Phi) is 6.23. The molecule has 0 heterocycles. The van der Waals surface area contributed by atoms with Crippen LogP contribution in [0.15, 0.2) is 97.6 Å². The summed E-state index contributed by atoms with van der Waals surface area (Å²) in [6, 6.07) is 25.1. The van der Waals surface area contributed by atoms with E-state index in [0.717, 1.165) is 17.8 Å². The minimum Gasteiger partial charge on any atom is -0.399 e. The molecule has 0 amide bonds. The molecule has 0 aliphatic heterocycles. The molecule has 0 bridgehead atoms. The molecule has 29 heavy (non-hydrogen) atoms. The van der Waals surface area contributed by atoms with E-state index in [4.69, 9.17) is 11.5 Å². The molecule has 0 aliphatic carbocycles. The molecule has 0 aliphatic rings. The lowest BCUT2D eigenvalue weighted by molar-refractivity contribution is 0.617. The van der Waals surface area contributed by atoms with Crippen LogP contribution in [0.5, 0.6) is 0 Å². The SMILES string of the molecule is C=CCC(c1ccc(N)cc1)(c1ccc(N)cc1)c1ccccc1C(C)/C=C\C. The Bertz CT molecular complexity index is 936. The molecular weight excluding hydrogens is 352 g/mol. The summed E-state index contributed by atoms with van der Waals surface area (Å²) in [7, 11) is 0. The van der Waals surface area contributed by atoms with Crippen molar-refractivity contribution in [2.75, 3.05) is 11.5 Å². The van der Waals surface area contributed by atoms with Crippen molar-refractivity contribution in [2.24, 2.45) is 0 Å². The Balaban J connectivity index is 2.38. The maximum Gasteiger partial charge on any atom is 0.0488 e. The first-order chi connectivity index (χ1) is 14.0. The van der Waals surface area contributed by atoms with Gasteiger partial charge in [0, 0.05) is 16.8 Å². The summed E-state index contributed by atoms with van der Waals surface area (Å²) in [5.74, 6) is 0.294. The lowest BCUT2D eigenvalue weighted by Gasteiger charge is -2.37. The van der Waals surface area contributed by atoms with Gasteiger partial charge in [-0.3, -0.25) is 0 Å². The van der Waals surface area contributed by atoms with Gasteiger partial charge in [0.15, 0.2) is 0 Å². The summed E-state index contributed by atoms with van der Waals surface area (Å²) in [5, 5.41) is 0. The van der Waals surface area contributed by atoms with Crippen molar-refractivity contribution in [3.05, 3.63) is 120 Å². The van der Waals surface area contributed by atoms with E-state index in [9.17, 15) is 0 Å². The summed E-state index contributed by atoms with van der Waals surface area (Å²) in [4.78, 5) is 0. The normalized spacial score (nSPS) is 12.8. The molecule has 0 saturated heterocycles. The average molecular weight is 383 g/mol. The first-order valence-corrected chi connectivity index (χ1v) is 10.1. The molecule has 1 atom stereocenters. The Morgan fingerprint density at radius 1 is 0.862 bits per heavy atom. The van der Waals surface area contributed by atoms with Crippen molar-refractivity contribution in [1.29, 1.82) is 0 Å². The number of nitrogen functional groups attached to an aromatic ring is 2. The van der Waals surface area contributed by atoms with Crippen LogP contribution in [0.3, 0.4) is 0 Å². The molecule has 0 saturated carbocycles. The predicted octanol–water partition coefficient (Wildman–Crippen LogP) is 6.44. The fourth-order valence-corrected chi connectivity index (χ4v) is 4.25. The van der Waals surface area contributed by atoms with E-state index >= 15 is 0 Å². The Morgan fingerprint density at radius 3 is 1.86 bits per heavy atom. The van der Waals surface area contributed by atoms with Crippen LogP contribution in [0.2, 0.25) is 0 Å². The lowest BCUT2D eigenvalue weighted by Crippen LogP contribution is -2.30. The average Bonchev–Trinajstić information content (AvgIpc) is 2.74. The summed E-state index contributed by atoms with van der Waals surface area (Å²) in [5.41, 5.74) is 18.1. The molecular formula is C27H30N2.